The van der Waals surface area contributed by atoms with Gasteiger partial charge in [0.05, 0.1) is 10.0 Å². The summed E-state index contributed by atoms with van der Waals surface area (Å²) in [5, 5.41) is 9.87. The molecular weight excluding hydrogens is 253 g/mol. The Balaban J connectivity index is 2.52. The van der Waals surface area contributed by atoms with Gasteiger partial charge in [0.25, 0.3) is 0 Å². The van der Waals surface area contributed by atoms with Crippen molar-refractivity contribution in [2.24, 2.45) is 0 Å². The van der Waals surface area contributed by atoms with Gasteiger partial charge in [-0.25, -0.2) is 4.79 Å². The molecule has 4 nitrogen and oxygen atoms in total. The number of nitrogens with one attached hydrogen (secondary N) is 1. The molecule has 0 fully saturated rings. The van der Waals surface area contributed by atoms with E-state index in [1.54, 1.807) is 6.07 Å². The van der Waals surface area contributed by atoms with E-state index in [2.05, 4.69) is 5.48 Å². The lowest BCUT2D eigenvalue weighted by Gasteiger charge is -2.21. The van der Waals surface area contributed by atoms with E-state index in [1.807, 2.05) is 0 Å². The van der Waals surface area contributed by atoms with Gasteiger partial charge < -0.3 is 9.94 Å². The molecule has 0 radical (unpaired) electrons. The van der Waals surface area contributed by atoms with Crippen LogP contribution < -0.4 is 5.48 Å². The zero-order valence-electron chi connectivity index (χ0n) is 7.91. The van der Waals surface area contributed by atoms with Gasteiger partial charge in [-0.15, -0.1) is 5.48 Å². The molecule has 0 aromatic heterocycles. The number of rotatable bonds is 2. The predicted octanol–water partition coefficient (Wildman–Crippen LogP) is 2.32. The van der Waals surface area contributed by atoms with Crippen LogP contribution in [0.15, 0.2) is 30.5 Å². The minimum Gasteiger partial charge on any atom is -0.479 e. The van der Waals surface area contributed by atoms with Gasteiger partial charge in [-0.1, -0.05) is 29.3 Å². The molecule has 1 atom stereocenters. The lowest BCUT2D eigenvalue weighted by molar-refractivity contribution is -0.146. The molecule has 84 valence electrons. The Labute approximate surface area is 101 Å². The molecule has 1 unspecified atom stereocenters. The van der Waals surface area contributed by atoms with Gasteiger partial charge >= 0.3 is 5.97 Å². The first-order valence-electron chi connectivity index (χ1n) is 4.36. The Bertz CT molecular complexity index is 475. The second kappa shape index (κ2) is 3.97. The van der Waals surface area contributed by atoms with Crippen LogP contribution in [0, 0.1) is 0 Å². The molecule has 0 bridgehead atoms. The van der Waals surface area contributed by atoms with Gasteiger partial charge in [0.2, 0.25) is 0 Å². The summed E-state index contributed by atoms with van der Waals surface area (Å²) in [5.74, 6) is -1.08. The summed E-state index contributed by atoms with van der Waals surface area (Å²) in [5.41, 5.74) is 1.46. The van der Waals surface area contributed by atoms with Gasteiger partial charge in [-0.2, -0.15) is 0 Å². The maximum absolute atomic E-state index is 11.3. The van der Waals surface area contributed by atoms with Crippen molar-refractivity contribution >= 4 is 29.2 Å². The second-order valence-electron chi connectivity index (χ2n) is 3.26. The normalized spacial score (nSPS) is 23.1. The maximum Gasteiger partial charge on any atom is 0.336 e. The van der Waals surface area contributed by atoms with E-state index < -0.39 is 11.5 Å². The molecule has 1 aliphatic rings. The Kier molecular flexibility index (Phi) is 2.80. The number of carbonyl (C=O) groups is 1. The van der Waals surface area contributed by atoms with Crippen LogP contribution in [0.2, 0.25) is 10.0 Å². The first-order chi connectivity index (χ1) is 7.56. The molecule has 0 spiro atoms. The van der Waals surface area contributed by atoms with E-state index >= 15 is 0 Å². The summed E-state index contributed by atoms with van der Waals surface area (Å²) >= 11 is 11.6. The predicted molar refractivity (Wildman–Crippen MR) is 59.1 cm³/mol. The minimum absolute atomic E-state index is 0.293. The van der Waals surface area contributed by atoms with E-state index in [1.165, 1.54) is 24.5 Å². The summed E-state index contributed by atoms with van der Waals surface area (Å²) in [4.78, 5) is 16.0. The van der Waals surface area contributed by atoms with Crippen molar-refractivity contribution in [3.05, 3.63) is 46.1 Å². The first-order valence-corrected chi connectivity index (χ1v) is 5.11. The van der Waals surface area contributed by atoms with Crippen molar-refractivity contribution in [2.75, 3.05) is 0 Å². The summed E-state index contributed by atoms with van der Waals surface area (Å²) in [6, 6.07) is 4.61. The smallest absolute Gasteiger partial charge is 0.336 e. The van der Waals surface area contributed by atoms with Gasteiger partial charge in [0.1, 0.15) is 6.26 Å². The van der Waals surface area contributed by atoms with Crippen LogP contribution in [0.25, 0.3) is 0 Å². The highest BCUT2D eigenvalue weighted by atomic mass is 35.5. The van der Waals surface area contributed by atoms with Gasteiger partial charge in [0, 0.05) is 0 Å². The van der Waals surface area contributed by atoms with Crippen LogP contribution >= 0.6 is 23.2 Å². The molecule has 0 saturated carbocycles. The third kappa shape index (κ3) is 1.65. The molecule has 1 heterocycles. The Hall–Kier alpha value is -1.23. The number of hydrogen-bond donors (Lipinski definition) is 2. The largest absolute Gasteiger partial charge is 0.479 e. The molecule has 16 heavy (non-hydrogen) atoms. The van der Waals surface area contributed by atoms with Crippen LogP contribution in [0.4, 0.5) is 0 Å². The molecule has 2 N–H and O–H groups in total. The van der Waals surface area contributed by atoms with Crippen LogP contribution in [-0.4, -0.2) is 11.1 Å². The molecular formula is C10H7Cl2NO3. The second-order valence-corrected chi connectivity index (χ2v) is 4.08. The van der Waals surface area contributed by atoms with Crippen molar-refractivity contribution in [3.8, 4) is 0 Å². The fraction of sp³-hybridized carbons (Fsp3) is 0.100. The van der Waals surface area contributed by atoms with Crippen molar-refractivity contribution in [1.29, 1.82) is 0 Å². The molecule has 1 aliphatic heterocycles. The Morgan fingerprint density at radius 2 is 2.12 bits per heavy atom. The van der Waals surface area contributed by atoms with Gasteiger partial charge in [0.15, 0.2) is 5.54 Å². The highest BCUT2D eigenvalue weighted by Gasteiger charge is 2.42. The van der Waals surface area contributed by atoms with Crippen molar-refractivity contribution < 1.29 is 14.7 Å². The van der Waals surface area contributed by atoms with Crippen molar-refractivity contribution in [2.45, 2.75) is 5.54 Å². The van der Waals surface area contributed by atoms with Crippen molar-refractivity contribution in [3.63, 3.8) is 0 Å². The lowest BCUT2D eigenvalue weighted by atomic mass is 9.91. The van der Waals surface area contributed by atoms with Crippen LogP contribution in [0.5, 0.6) is 0 Å². The Morgan fingerprint density at radius 1 is 1.38 bits per heavy atom. The average molecular weight is 260 g/mol. The molecule has 6 heteroatoms. The minimum atomic E-state index is -1.41. The molecule has 0 saturated heterocycles. The van der Waals surface area contributed by atoms with Crippen LogP contribution in [-0.2, 0) is 15.2 Å². The van der Waals surface area contributed by atoms with Crippen LogP contribution in [0.3, 0.4) is 0 Å². The van der Waals surface area contributed by atoms with Gasteiger partial charge in [-0.05, 0) is 23.8 Å². The zero-order valence-corrected chi connectivity index (χ0v) is 9.42. The fourth-order valence-electron chi connectivity index (χ4n) is 1.43. The van der Waals surface area contributed by atoms with E-state index in [4.69, 9.17) is 28.0 Å². The number of hydrogen-bond acceptors (Lipinski definition) is 3. The monoisotopic (exact) mass is 259 g/mol. The molecule has 0 amide bonds. The van der Waals surface area contributed by atoms with E-state index in [-0.39, 0.29) is 0 Å². The third-order valence-corrected chi connectivity index (χ3v) is 3.06. The molecule has 2 rings (SSSR count). The van der Waals surface area contributed by atoms with E-state index in [9.17, 15) is 9.90 Å². The number of halogens is 2. The highest BCUT2D eigenvalue weighted by Crippen LogP contribution is 2.31. The first kappa shape index (κ1) is 11.3. The van der Waals surface area contributed by atoms with Crippen molar-refractivity contribution in [1.82, 2.24) is 5.48 Å². The number of aliphatic carboxylic acids is 1. The standard InChI is InChI=1S/C10H7Cl2NO3/c11-7-2-1-6(5-8(7)12)10(9(14)15)3-4-16-13-10/h1-5,13H,(H,14,15). The lowest BCUT2D eigenvalue weighted by Crippen LogP contribution is -2.43. The van der Waals surface area contributed by atoms with E-state index in [0.29, 0.717) is 15.6 Å². The summed E-state index contributed by atoms with van der Waals surface area (Å²) in [7, 11) is 0. The number of carboxylic acids is 1. The summed E-state index contributed by atoms with van der Waals surface area (Å²) in [6.45, 7) is 0. The number of benzene rings is 1. The van der Waals surface area contributed by atoms with Gasteiger partial charge in [-0.3, -0.25) is 0 Å². The zero-order chi connectivity index (χ0) is 11.8. The molecule has 1 aromatic rings. The highest BCUT2D eigenvalue weighted by molar-refractivity contribution is 6.42. The average Bonchev–Trinajstić information content (AvgIpc) is 2.72. The maximum atomic E-state index is 11.3. The quantitative estimate of drug-likeness (QED) is 0.856. The summed E-state index contributed by atoms with van der Waals surface area (Å²) < 4.78 is 0. The SMILES string of the molecule is O=C(O)C1(c2ccc(Cl)c(Cl)c2)C=CON1. The number of hydroxylamine groups is 1. The third-order valence-electron chi connectivity index (χ3n) is 2.32. The Morgan fingerprint density at radius 3 is 2.62 bits per heavy atom. The molecule has 1 aromatic carbocycles. The summed E-state index contributed by atoms with van der Waals surface area (Å²) in [6.07, 6.45) is 2.67. The number of carboxylic acid groups (broad SMARTS) is 1. The molecule has 0 aliphatic carbocycles. The van der Waals surface area contributed by atoms with E-state index in [0.717, 1.165) is 0 Å². The topological polar surface area (TPSA) is 58.6 Å². The van der Waals surface area contributed by atoms with Crippen LogP contribution in [0.1, 0.15) is 5.56 Å². The fourth-order valence-corrected chi connectivity index (χ4v) is 1.73.